The predicted molar refractivity (Wildman–Crippen MR) is 123 cm³/mol. The molecule has 9 nitrogen and oxygen atoms in total. The maximum atomic E-state index is 12.5. The van der Waals surface area contributed by atoms with Gasteiger partial charge in [-0.3, -0.25) is 4.79 Å². The summed E-state index contributed by atoms with van der Waals surface area (Å²) < 4.78 is 12.4. The van der Waals surface area contributed by atoms with Crippen molar-refractivity contribution in [3.05, 3.63) is 53.1 Å². The third kappa shape index (κ3) is 5.16. The Morgan fingerprint density at radius 1 is 1.12 bits per heavy atom. The first-order chi connectivity index (χ1) is 15.3. The molecule has 0 aliphatic heterocycles. The van der Waals surface area contributed by atoms with E-state index in [1.54, 1.807) is 25.0 Å². The normalized spacial score (nSPS) is 10.7. The predicted octanol–water partition coefficient (Wildman–Crippen LogP) is 2.61. The molecular weight excluding hydrogens is 408 g/mol. The number of ether oxygens (including phenoxy) is 2. The summed E-state index contributed by atoms with van der Waals surface area (Å²) in [6.45, 7) is 4.33. The average Bonchev–Trinajstić information content (AvgIpc) is 3.09. The quantitative estimate of drug-likeness (QED) is 0.549. The molecule has 0 aliphatic carbocycles. The number of carbonyl (C=O) groups excluding carboxylic acids is 1. The number of carbonyl (C=O) groups is 1. The molecule has 170 valence electrons. The topological polar surface area (TPSA) is 94.4 Å². The first-order valence-corrected chi connectivity index (χ1v) is 10.4. The van der Waals surface area contributed by atoms with Gasteiger partial charge in [-0.25, -0.2) is 14.6 Å². The summed E-state index contributed by atoms with van der Waals surface area (Å²) >= 11 is 0. The van der Waals surface area contributed by atoms with Crippen molar-refractivity contribution in [3.63, 3.8) is 0 Å². The van der Waals surface area contributed by atoms with E-state index in [0.29, 0.717) is 36.7 Å². The van der Waals surface area contributed by atoms with Crippen molar-refractivity contribution in [2.45, 2.75) is 33.2 Å². The number of nitrogens with one attached hydrogen (secondary N) is 1. The van der Waals surface area contributed by atoms with Crippen LogP contribution in [0.25, 0.3) is 5.82 Å². The zero-order valence-corrected chi connectivity index (χ0v) is 19.5. The first kappa shape index (κ1) is 23.1. The molecule has 0 saturated carbocycles. The maximum absolute atomic E-state index is 12.5. The molecule has 2 aromatic heterocycles. The van der Waals surface area contributed by atoms with Crippen LogP contribution >= 0.6 is 0 Å². The Balaban J connectivity index is 1.65. The SMILES string of the molecule is COc1ccc(CNC(=O)CCc2c(C)nn(-c3cc(N(C)C)ncn3)c2C)c(OC)c1. The summed E-state index contributed by atoms with van der Waals surface area (Å²) in [6.07, 6.45) is 2.48. The Morgan fingerprint density at radius 2 is 1.91 bits per heavy atom. The number of hydrogen-bond donors (Lipinski definition) is 1. The number of aryl methyl sites for hydroxylation is 1. The Hall–Kier alpha value is -3.62. The molecule has 0 radical (unpaired) electrons. The minimum Gasteiger partial charge on any atom is -0.497 e. The molecule has 9 heteroatoms. The number of hydrogen-bond acceptors (Lipinski definition) is 7. The molecule has 0 spiro atoms. The van der Waals surface area contributed by atoms with E-state index in [4.69, 9.17) is 9.47 Å². The van der Waals surface area contributed by atoms with E-state index >= 15 is 0 Å². The lowest BCUT2D eigenvalue weighted by molar-refractivity contribution is -0.121. The highest BCUT2D eigenvalue weighted by Crippen LogP contribution is 2.24. The van der Waals surface area contributed by atoms with E-state index in [9.17, 15) is 4.79 Å². The second kappa shape index (κ2) is 10.1. The molecule has 3 rings (SSSR count). The van der Waals surface area contributed by atoms with Crippen molar-refractivity contribution in [1.82, 2.24) is 25.1 Å². The van der Waals surface area contributed by atoms with Gasteiger partial charge in [0.05, 0.1) is 19.9 Å². The van der Waals surface area contributed by atoms with Gasteiger partial charge in [0.1, 0.15) is 23.6 Å². The molecule has 0 bridgehead atoms. The standard InChI is InChI=1S/C23H30N6O3/c1-15-19(16(2)29(27-15)22-12-21(28(3)4)25-14-26-22)9-10-23(30)24-13-17-7-8-18(31-5)11-20(17)32-6/h7-8,11-12,14H,9-10,13H2,1-6H3,(H,24,30). The highest BCUT2D eigenvalue weighted by atomic mass is 16.5. The van der Waals surface area contributed by atoms with Crippen molar-refractivity contribution in [2.24, 2.45) is 0 Å². The van der Waals surface area contributed by atoms with Crippen LogP contribution in [-0.2, 0) is 17.8 Å². The molecule has 0 aliphatic rings. The van der Waals surface area contributed by atoms with Gasteiger partial charge in [0, 0.05) is 50.5 Å². The summed E-state index contributed by atoms with van der Waals surface area (Å²) in [5.74, 6) is 2.86. The van der Waals surface area contributed by atoms with E-state index in [2.05, 4.69) is 20.4 Å². The van der Waals surface area contributed by atoms with Crippen molar-refractivity contribution in [2.75, 3.05) is 33.2 Å². The zero-order valence-electron chi connectivity index (χ0n) is 19.5. The van der Waals surface area contributed by atoms with Crippen LogP contribution in [0.2, 0.25) is 0 Å². The highest BCUT2D eigenvalue weighted by molar-refractivity contribution is 5.76. The molecule has 3 aromatic rings. The lowest BCUT2D eigenvalue weighted by Gasteiger charge is -2.12. The molecule has 1 N–H and O–H groups in total. The van der Waals surface area contributed by atoms with Crippen LogP contribution in [0.5, 0.6) is 11.5 Å². The van der Waals surface area contributed by atoms with E-state index in [-0.39, 0.29) is 5.91 Å². The molecule has 1 aromatic carbocycles. The molecular formula is C23H30N6O3. The van der Waals surface area contributed by atoms with Crippen molar-refractivity contribution >= 4 is 11.7 Å². The Labute approximate surface area is 188 Å². The van der Waals surface area contributed by atoms with Gasteiger partial charge < -0.3 is 19.7 Å². The molecule has 32 heavy (non-hydrogen) atoms. The monoisotopic (exact) mass is 438 g/mol. The average molecular weight is 439 g/mol. The van der Waals surface area contributed by atoms with Gasteiger partial charge in [0.2, 0.25) is 5.91 Å². The lowest BCUT2D eigenvalue weighted by atomic mass is 10.1. The van der Waals surface area contributed by atoms with Crippen LogP contribution in [0.4, 0.5) is 5.82 Å². The number of anilines is 1. The van der Waals surface area contributed by atoms with Crippen LogP contribution in [-0.4, -0.2) is 54.0 Å². The third-order valence-electron chi connectivity index (χ3n) is 5.33. The molecule has 0 saturated heterocycles. The first-order valence-electron chi connectivity index (χ1n) is 10.4. The summed E-state index contributed by atoms with van der Waals surface area (Å²) in [4.78, 5) is 23.0. The van der Waals surface area contributed by atoms with Gasteiger partial charge in [0.15, 0.2) is 5.82 Å². The smallest absolute Gasteiger partial charge is 0.220 e. The van der Waals surface area contributed by atoms with Crippen molar-refractivity contribution in [3.8, 4) is 17.3 Å². The zero-order chi connectivity index (χ0) is 23.3. The Morgan fingerprint density at radius 3 is 2.59 bits per heavy atom. The summed E-state index contributed by atoms with van der Waals surface area (Å²) in [5.41, 5.74) is 3.79. The highest BCUT2D eigenvalue weighted by Gasteiger charge is 2.16. The molecule has 1 amide bonds. The second-order valence-electron chi connectivity index (χ2n) is 7.64. The summed E-state index contributed by atoms with van der Waals surface area (Å²) in [7, 11) is 7.06. The fraction of sp³-hybridized carbons (Fsp3) is 0.391. The Bertz CT molecular complexity index is 1090. The van der Waals surface area contributed by atoms with E-state index < -0.39 is 0 Å². The van der Waals surface area contributed by atoms with Gasteiger partial charge in [-0.2, -0.15) is 5.10 Å². The number of methoxy groups -OCH3 is 2. The number of rotatable bonds is 9. The Kier molecular flexibility index (Phi) is 7.29. The van der Waals surface area contributed by atoms with E-state index in [0.717, 1.165) is 28.3 Å². The van der Waals surface area contributed by atoms with Crippen molar-refractivity contribution in [1.29, 1.82) is 0 Å². The van der Waals surface area contributed by atoms with Crippen LogP contribution in [0.15, 0.2) is 30.6 Å². The van der Waals surface area contributed by atoms with Crippen LogP contribution in [0.1, 0.15) is 28.9 Å². The fourth-order valence-electron chi connectivity index (χ4n) is 3.48. The molecule has 0 fully saturated rings. The van der Waals surface area contributed by atoms with Crippen LogP contribution < -0.4 is 19.7 Å². The number of aromatic nitrogens is 4. The number of benzene rings is 1. The second-order valence-corrected chi connectivity index (χ2v) is 7.64. The molecule has 0 unspecified atom stereocenters. The third-order valence-corrected chi connectivity index (χ3v) is 5.33. The number of amides is 1. The molecule has 0 atom stereocenters. The minimum atomic E-state index is -0.0358. The van der Waals surface area contributed by atoms with Gasteiger partial charge in [-0.1, -0.05) is 0 Å². The van der Waals surface area contributed by atoms with Crippen LogP contribution in [0.3, 0.4) is 0 Å². The van der Waals surface area contributed by atoms with Gasteiger partial charge >= 0.3 is 0 Å². The molecule has 2 heterocycles. The van der Waals surface area contributed by atoms with E-state index in [1.807, 2.05) is 51.0 Å². The number of nitrogens with zero attached hydrogens (tertiary/aromatic N) is 5. The van der Waals surface area contributed by atoms with Gasteiger partial charge in [0.25, 0.3) is 0 Å². The fourth-order valence-corrected chi connectivity index (χ4v) is 3.48. The van der Waals surface area contributed by atoms with Crippen LogP contribution in [0, 0.1) is 13.8 Å². The minimum absolute atomic E-state index is 0.0358. The van der Waals surface area contributed by atoms with E-state index in [1.165, 1.54) is 6.33 Å². The largest absolute Gasteiger partial charge is 0.497 e. The van der Waals surface area contributed by atoms with Gasteiger partial charge in [-0.05, 0) is 38.0 Å². The van der Waals surface area contributed by atoms with Crippen molar-refractivity contribution < 1.29 is 14.3 Å². The maximum Gasteiger partial charge on any atom is 0.220 e. The summed E-state index contributed by atoms with van der Waals surface area (Å²) in [5, 5.41) is 7.60. The summed E-state index contributed by atoms with van der Waals surface area (Å²) in [6, 6.07) is 7.43. The van der Waals surface area contributed by atoms with Gasteiger partial charge in [-0.15, -0.1) is 0 Å². The lowest BCUT2D eigenvalue weighted by Crippen LogP contribution is -2.23.